The summed E-state index contributed by atoms with van der Waals surface area (Å²) in [6.45, 7) is 6.25. The largest absolute Gasteiger partial charge is 0.490 e. The first-order valence-electron chi connectivity index (χ1n) is 14.5. The second-order valence-corrected chi connectivity index (χ2v) is 11.1. The van der Waals surface area contributed by atoms with E-state index in [1.807, 2.05) is 31.0 Å². The molecule has 2 heterocycles. The zero-order chi connectivity index (χ0) is 30.1. The SMILES string of the molecule is CC(=O)CCCNCCCOc1cc2ncnc3c2cc1OCCCCC(=O)[C@H](C)N(C)Cc1cc(F)c(Cl)cc1N3. The van der Waals surface area contributed by atoms with Gasteiger partial charge in [-0.05, 0) is 83.4 Å². The Morgan fingerprint density at radius 3 is 2.83 bits per heavy atom. The van der Waals surface area contributed by atoms with Crippen molar-refractivity contribution in [1.82, 2.24) is 20.2 Å². The number of ether oxygens (including phenoxy) is 2. The van der Waals surface area contributed by atoms with Crippen molar-refractivity contribution in [2.45, 2.75) is 65.0 Å². The lowest BCUT2D eigenvalue weighted by molar-refractivity contribution is -0.123. The molecule has 11 heteroatoms. The van der Waals surface area contributed by atoms with Gasteiger partial charge in [0, 0.05) is 36.5 Å². The minimum absolute atomic E-state index is 0.0196. The van der Waals surface area contributed by atoms with Crippen LogP contribution >= 0.6 is 11.6 Å². The highest BCUT2D eigenvalue weighted by Crippen LogP contribution is 2.36. The summed E-state index contributed by atoms with van der Waals surface area (Å²) in [5, 5.41) is 7.34. The zero-order valence-electron chi connectivity index (χ0n) is 24.5. The first-order chi connectivity index (χ1) is 20.2. The van der Waals surface area contributed by atoms with E-state index in [-0.39, 0.29) is 22.6 Å². The number of fused-ring (bicyclic) bond motifs is 2. The number of anilines is 2. The van der Waals surface area contributed by atoms with Gasteiger partial charge < -0.3 is 24.9 Å². The molecule has 2 bridgehead atoms. The second kappa shape index (κ2) is 15.2. The van der Waals surface area contributed by atoms with Crippen molar-refractivity contribution < 1.29 is 23.5 Å². The van der Waals surface area contributed by atoms with Gasteiger partial charge in [-0.1, -0.05) is 11.6 Å². The van der Waals surface area contributed by atoms with Gasteiger partial charge in [0.05, 0.1) is 29.8 Å². The number of hydrogen-bond donors (Lipinski definition) is 2. The number of rotatable bonds is 9. The Morgan fingerprint density at radius 1 is 1.21 bits per heavy atom. The van der Waals surface area contributed by atoms with E-state index in [2.05, 4.69) is 20.6 Å². The Bertz CT molecular complexity index is 1410. The van der Waals surface area contributed by atoms with Gasteiger partial charge in [-0.15, -0.1) is 0 Å². The lowest BCUT2D eigenvalue weighted by Crippen LogP contribution is -2.35. The maximum atomic E-state index is 14.5. The highest BCUT2D eigenvalue weighted by Gasteiger charge is 2.21. The Balaban J connectivity index is 1.60. The van der Waals surface area contributed by atoms with Crippen LogP contribution < -0.4 is 20.1 Å². The summed E-state index contributed by atoms with van der Waals surface area (Å²) < 4.78 is 26.8. The van der Waals surface area contributed by atoms with E-state index in [0.29, 0.717) is 84.9 Å². The van der Waals surface area contributed by atoms with Crippen LogP contribution in [0.2, 0.25) is 5.02 Å². The molecule has 0 spiro atoms. The molecule has 3 aromatic rings. The number of hydrogen-bond acceptors (Lipinski definition) is 9. The van der Waals surface area contributed by atoms with Crippen molar-refractivity contribution in [3.05, 3.63) is 47.0 Å². The van der Waals surface area contributed by atoms with E-state index in [0.717, 1.165) is 25.9 Å². The van der Waals surface area contributed by atoms with E-state index in [4.69, 9.17) is 21.1 Å². The van der Waals surface area contributed by atoms with Crippen molar-refractivity contribution in [2.24, 2.45) is 0 Å². The summed E-state index contributed by atoms with van der Waals surface area (Å²) >= 11 is 6.18. The summed E-state index contributed by atoms with van der Waals surface area (Å²) in [6.07, 6.45) is 5.45. The number of benzene rings is 2. The van der Waals surface area contributed by atoms with E-state index in [1.54, 1.807) is 6.92 Å². The van der Waals surface area contributed by atoms with Gasteiger partial charge in [-0.2, -0.15) is 0 Å². The maximum Gasteiger partial charge on any atom is 0.163 e. The highest BCUT2D eigenvalue weighted by molar-refractivity contribution is 6.31. The Kier molecular flexibility index (Phi) is 11.5. The molecule has 1 aliphatic heterocycles. The number of carbonyl (C=O) groups is 2. The summed E-state index contributed by atoms with van der Waals surface area (Å²) in [4.78, 5) is 34.8. The van der Waals surface area contributed by atoms with Crippen molar-refractivity contribution in [3.63, 3.8) is 0 Å². The van der Waals surface area contributed by atoms with Crippen molar-refractivity contribution in [1.29, 1.82) is 0 Å². The van der Waals surface area contributed by atoms with E-state index >= 15 is 0 Å². The molecule has 9 nitrogen and oxygen atoms in total. The molecule has 0 amide bonds. The second-order valence-electron chi connectivity index (χ2n) is 10.7. The van der Waals surface area contributed by atoms with Gasteiger partial charge in [0.2, 0.25) is 0 Å². The molecular formula is C31H39ClFN5O4. The monoisotopic (exact) mass is 599 g/mol. The van der Waals surface area contributed by atoms with Crippen LogP contribution in [-0.2, 0) is 16.1 Å². The van der Waals surface area contributed by atoms with Crippen molar-refractivity contribution in [3.8, 4) is 11.5 Å². The van der Waals surface area contributed by atoms with E-state index in [9.17, 15) is 14.0 Å². The highest BCUT2D eigenvalue weighted by atomic mass is 35.5. The predicted molar refractivity (Wildman–Crippen MR) is 162 cm³/mol. The summed E-state index contributed by atoms with van der Waals surface area (Å²) in [5.41, 5.74) is 1.88. The van der Waals surface area contributed by atoms with Gasteiger partial charge in [-0.25, -0.2) is 14.4 Å². The molecule has 0 fully saturated rings. The normalized spacial score (nSPS) is 16.6. The molecule has 0 unspecified atom stereocenters. The van der Waals surface area contributed by atoms with Crippen LogP contribution in [0.25, 0.3) is 10.9 Å². The van der Waals surface area contributed by atoms with Crippen LogP contribution in [0.5, 0.6) is 11.5 Å². The number of nitrogens with one attached hydrogen (secondary N) is 2. The van der Waals surface area contributed by atoms with E-state index in [1.165, 1.54) is 18.5 Å². The molecule has 0 aliphatic carbocycles. The Hall–Kier alpha value is -3.34. The minimum atomic E-state index is -0.532. The summed E-state index contributed by atoms with van der Waals surface area (Å²) in [5.74, 6) is 1.42. The molecule has 0 saturated carbocycles. The molecular weight excluding hydrogens is 561 g/mol. The fourth-order valence-electron chi connectivity index (χ4n) is 4.76. The third-order valence-corrected chi connectivity index (χ3v) is 7.65. The van der Waals surface area contributed by atoms with Crippen molar-refractivity contribution >= 4 is 45.6 Å². The van der Waals surface area contributed by atoms with Crippen molar-refractivity contribution in [2.75, 3.05) is 38.7 Å². The predicted octanol–water partition coefficient (Wildman–Crippen LogP) is 5.85. The molecule has 2 aromatic carbocycles. The first kappa shape index (κ1) is 31.6. The van der Waals surface area contributed by atoms with Gasteiger partial charge in [-0.3, -0.25) is 9.69 Å². The molecule has 226 valence electrons. The molecule has 2 N–H and O–H groups in total. The standard InChI is InChI=1S/C31H39ClFN5O4/c1-20(39)8-6-10-34-11-7-13-42-30-17-27-23-15-29(30)41-12-5-4-9-28(40)21(2)38(3)18-22-14-25(33)24(32)16-26(22)37-31(23)36-19-35-27/h14-17,19,21,34H,4-13,18H2,1-3H3,(H,35,36,37)/t21-/m0/s1. The van der Waals surface area contributed by atoms with Crippen LogP contribution in [0.1, 0.15) is 57.9 Å². The molecule has 0 radical (unpaired) electrons. The number of carbonyl (C=O) groups excluding carboxylic acids is 2. The van der Waals surface area contributed by atoms with Crippen LogP contribution in [0.4, 0.5) is 15.9 Å². The van der Waals surface area contributed by atoms with E-state index < -0.39 is 5.82 Å². The smallest absolute Gasteiger partial charge is 0.163 e. The number of Topliss-reactive ketones (excluding diaryl/α,β-unsaturated/α-hetero) is 2. The zero-order valence-corrected chi connectivity index (χ0v) is 25.2. The number of ketones is 2. The fourth-order valence-corrected chi connectivity index (χ4v) is 4.93. The average Bonchev–Trinajstić information content (AvgIpc) is 2.95. The first-order valence-corrected chi connectivity index (χ1v) is 14.8. The molecule has 42 heavy (non-hydrogen) atoms. The van der Waals surface area contributed by atoms with Gasteiger partial charge in [0.15, 0.2) is 11.5 Å². The molecule has 1 atom stereocenters. The molecule has 0 saturated heterocycles. The fraction of sp³-hybridized carbons (Fsp3) is 0.484. The van der Waals surface area contributed by atoms with Crippen LogP contribution in [0.15, 0.2) is 30.6 Å². The third-order valence-electron chi connectivity index (χ3n) is 7.36. The lowest BCUT2D eigenvalue weighted by Gasteiger charge is -2.25. The number of halogens is 2. The number of likely N-dealkylation sites (N-methyl/N-ethyl adjacent to an activating group) is 1. The Labute approximate surface area is 251 Å². The van der Waals surface area contributed by atoms with Crippen LogP contribution in [0.3, 0.4) is 0 Å². The summed E-state index contributed by atoms with van der Waals surface area (Å²) in [7, 11) is 1.85. The average molecular weight is 600 g/mol. The lowest BCUT2D eigenvalue weighted by atomic mass is 10.1. The Morgan fingerprint density at radius 2 is 2.02 bits per heavy atom. The molecule has 1 aromatic heterocycles. The van der Waals surface area contributed by atoms with Crippen LogP contribution in [0, 0.1) is 5.82 Å². The topological polar surface area (TPSA) is 106 Å². The molecule has 4 rings (SSSR count). The number of aromatic nitrogens is 2. The third kappa shape index (κ3) is 8.59. The summed E-state index contributed by atoms with van der Waals surface area (Å²) in [6, 6.07) is 6.27. The molecule has 1 aliphatic rings. The quantitative estimate of drug-likeness (QED) is 0.293. The van der Waals surface area contributed by atoms with Gasteiger partial charge in [0.25, 0.3) is 0 Å². The maximum absolute atomic E-state index is 14.5. The minimum Gasteiger partial charge on any atom is -0.490 e. The van der Waals surface area contributed by atoms with Gasteiger partial charge >= 0.3 is 0 Å². The van der Waals surface area contributed by atoms with Crippen LogP contribution in [-0.4, -0.2) is 65.8 Å². The number of nitrogens with zero attached hydrogens (tertiary/aromatic N) is 3. The van der Waals surface area contributed by atoms with Gasteiger partial charge in [0.1, 0.15) is 29.5 Å².